The zero-order valence-corrected chi connectivity index (χ0v) is 11.4. The minimum Gasteiger partial charge on any atom is -0.496 e. The second kappa shape index (κ2) is 7.77. The molecule has 0 unspecified atom stereocenters. The van der Waals surface area contributed by atoms with Crippen LogP contribution in [0.3, 0.4) is 0 Å². The van der Waals surface area contributed by atoms with E-state index in [1.165, 1.54) is 0 Å². The summed E-state index contributed by atoms with van der Waals surface area (Å²) in [6, 6.07) is 5.75. The van der Waals surface area contributed by atoms with Gasteiger partial charge in [-0.3, -0.25) is 0 Å². The summed E-state index contributed by atoms with van der Waals surface area (Å²) in [6.07, 6.45) is 4.73. The number of ether oxygens (including phenoxy) is 2. The van der Waals surface area contributed by atoms with Crippen LogP contribution in [0.25, 0.3) is 0 Å². The van der Waals surface area contributed by atoms with E-state index in [1.807, 2.05) is 18.2 Å². The summed E-state index contributed by atoms with van der Waals surface area (Å²) in [5, 5.41) is 9.26. The summed E-state index contributed by atoms with van der Waals surface area (Å²) in [7, 11) is 3.31. The lowest BCUT2D eigenvalue weighted by Gasteiger charge is -2.12. The highest BCUT2D eigenvalue weighted by Gasteiger charge is 2.08. The maximum absolute atomic E-state index is 9.26. The van der Waals surface area contributed by atoms with Crippen LogP contribution < -0.4 is 9.47 Å². The molecule has 1 N–H and O–H groups in total. The standard InChI is InChI=1S/C15H22O3/c1-4-6-12(11-16)9-10-13-14(17-2)7-5-8-15(13)18-3/h5,7-9,16H,4,6,10-11H2,1-3H3. The van der Waals surface area contributed by atoms with E-state index < -0.39 is 0 Å². The van der Waals surface area contributed by atoms with E-state index >= 15 is 0 Å². The van der Waals surface area contributed by atoms with E-state index in [9.17, 15) is 5.11 Å². The first-order chi connectivity index (χ1) is 8.76. The van der Waals surface area contributed by atoms with E-state index in [-0.39, 0.29) is 6.61 Å². The second-order valence-corrected chi connectivity index (χ2v) is 4.12. The van der Waals surface area contributed by atoms with Gasteiger partial charge in [0, 0.05) is 5.56 Å². The highest BCUT2D eigenvalue weighted by atomic mass is 16.5. The van der Waals surface area contributed by atoms with Crippen molar-refractivity contribution < 1.29 is 14.6 Å². The van der Waals surface area contributed by atoms with Gasteiger partial charge in [0.15, 0.2) is 0 Å². The smallest absolute Gasteiger partial charge is 0.126 e. The molecular weight excluding hydrogens is 228 g/mol. The summed E-state index contributed by atoms with van der Waals surface area (Å²) in [5.41, 5.74) is 2.08. The van der Waals surface area contributed by atoms with Crippen molar-refractivity contribution in [1.29, 1.82) is 0 Å². The van der Waals surface area contributed by atoms with Gasteiger partial charge in [-0.2, -0.15) is 0 Å². The van der Waals surface area contributed by atoms with Crippen LogP contribution in [0.1, 0.15) is 25.3 Å². The van der Waals surface area contributed by atoms with Gasteiger partial charge in [0.1, 0.15) is 11.5 Å². The SMILES string of the molecule is CCCC(=CCc1c(OC)cccc1OC)CO. The van der Waals surface area contributed by atoms with Gasteiger partial charge in [-0.25, -0.2) is 0 Å². The molecule has 0 aromatic heterocycles. The van der Waals surface area contributed by atoms with Crippen LogP contribution in [0.5, 0.6) is 11.5 Å². The Kier molecular flexibility index (Phi) is 6.29. The van der Waals surface area contributed by atoms with Gasteiger partial charge in [0.25, 0.3) is 0 Å². The topological polar surface area (TPSA) is 38.7 Å². The average molecular weight is 250 g/mol. The zero-order chi connectivity index (χ0) is 13.4. The third-order valence-corrected chi connectivity index (χ3v) is 2.90. The number of hydrogen-bond acceptors (Lipinski definition) is 3. The molecular formula is C15H22O3. The predicted molar refractivity (Wildman–Crippen MR) is 73.3 cm³/mol. The lowest BCUT2D eigenvalue weighted by atomic mass is 10.0. The maximum Gasteiger partial charge on any atom is 0.126 e. The molecule has 3 nitrogen and oxygen atoms in total. The molecule has 100 valence electrons. The molecule has 0 aliphatic carbocycles. The second-order valence-electron chi connectivity index (χ2n) is 4.12. The van der Waals surface area contributed by atoms with E-state index in [2.05, 4.69) is 13.0 Å². The van der Waals surface area contributed by atoms with Crippen LogP contribution >= 0.6 is 0 Å². The van der Waals surface area contributed by atoms with Crippen LogP contribution in [-0.4, -0.2) is 25.9 Å². The molecule has 0 aliphatic rings. The van der Waals surface area contributed by atoms with Crippen molar-refractivity contribution in [2.24, 2.45) is 0 Å². The van der Waals surface area contributed by atoms with Crippen LogP contribution in [0.15, 0.2) is 29.8 Å². The lowest BCUT2D eigenvalue weighted by molar-refractivity contribution is 0.325. The largest absolute Gasteiger partial charge is 0.496 e. The fourth-order valence-electron chi connectivity index (χ4n) is 1.94. The molecule has 0 spiro atoms. The molecule has 0 saturated heterocycles. The first-order valence-corrected chi connectivity index (χ1v) is 6.25. The number of methoxy groups -OCH3 is 2. The number of allylic oxidation sites excluding steroid dienone is 1. The molecule has 1 aromatic rings. The van der Waals surface area contributed by atoms with Gasteiger partial charge >= 0.3 is 0 Å². The van der Waals surface area contributed by atoms with E-state index in [4.69, 9.17) is 9.47 Å². The Hall–Kier alpha value is -1.48. The minimum atomic E-state index is 0.116. The van der Waals surface area contributed by atoms with E-state index in [1.54, 1.807) is 14.2 Å². The molecule has 0 atom stereocenters. The Balaban J connectivity index is 2.94. The molecule has 18 heavy (non-hydrogen) atoms. The van der Waals surface area contributed by atoms with E-state index in [0.29, 0.717) is 6.42 Å². The average Bonchev–Trinajstić information content (AvgIpc) is 2.42. The van der Waals surface area contributed by atoms with Crippen molar-refractivity contribution in [2.45, 2.75) is 26.2 Å². The number of benzene rings is 1. The van der Waals surface area contributed by atoms with Crippen LogP contribution in [0.4, 0.5) is 0 Å². The quantitative estimate of drug-likeness (QED) is 0.756. The Morgan fingerprint density at radius 2 is 1.83 bits per heavy atom. The number of aliphatic hydroxyl groups excluding tert-OH is 1. The maximum atomic E-state index is 9.26. The third kappa shape index (κ3) is 3.77. The first kappa shape index (κ1) is 14.6. The Labute approximate surface area is 109 Å². The lowest BCUT2D eigenvalue weighted by Crippen LogP contribution is -1.97. The molecule has 1 aromatic carbocycles. The number of hydrogen-bond donors (Lipinski definition) is 1. The molecule has 0 fully saturated rings. The van der Waals surface area contributed by atoms with Gasteiger partial charge in [-0.15, -0.1) is 0 Å². The van der Waals surface area contributed by atoms with Crippen LogP contribution in [-0.2, 0) is 6.42 Å². The summed E-state index contributed by atoms with van der Waals surface area (Å²) in [4.78, 5) is 0. The third-order valence-electron chi connectivity index (χ3n) is 2.90. The van der Waals surface area contributed by atoms with Crippen LogP contribution in [0.2, 0.25) is 0 Å². The van der Waals surface area contributed by atoms with Crippen molar-refractivity contribution in [3.05, 3.63) is 35.4 Å². The van der Waals surface area contributed by atoms with Gasteiger partial charge in [0.2, 0.25) is 0 Å². The van der Waals surface area contributed by atoms with Crippen molar-refractivity contribution in [1.82, 2.24) is 0 Å². The summed E-state index contributed by atoms with van der Waals surface area (Å²) in [6.45, 7) is 2.22. The molecule has 0 radical (unpaired) electrons. The molecule has 0 heterocycles. The van der Waals surface area contributed by atoms with Crippen LogP contribution in [0, 0.1) is 0 Å². The zero-order valence-electron chi connectivity index (χ0n) is 11.4. The van der Waals surface area contributed by atoms with Crippen molar-refractivity contribution >= 4 is 0 Å². The monoisotopic (exact) mass is 250 g/mol. The molecule has 0 bridgehead atoms. The highest BCUT2D eigenvalue weighted by Crippen LogP contribution is 2.29. The van der Waals surface area contributed by atoms with Crippen molar-refractivity contribution in [2.75, 3.05) is 20.8 Å². The Morgan fingerprint density at radius 1 is 1.22 bits per heavy atom. The predicted octanol–water partition coefficient (Wildman–Crippen LogP) is 2.97. The summed E-state index contributed by atoms with van der Waals surface area (Å²) >= 11 is 0. The first-order valence-electron chi connectivity index (χ1n) is 6.25. The number of aliphatic hydroxyl groups is 1. The highest BCUT2D eigenvalue weighted by molar-refractivity contribution is 5.46. The van der Waals surface area contributed by atoms with E-state index in [0.717, 1.165) is 35.5 Å². The molecule has 0 amide bonds. The molecule has 0 aliphatic heterocycles. The van der Waals surface area contributed by atoms with Crippen molar-refractivity contribution in [3.8, 4) is 11.5 Å². The van der Waals surface area contributed by atoms with Gasteiger partial charge < -0.3 is 14.6 Å². The van der Waals surface area contributed by atoms with Gasteiger partial charge in [-0.05, 0) is 30.5 Å². The van der Waals surface area contributed by atoms with Gasteiger partial charge in [0.05, 0.1) is 20.8 Å². The summed E-state index contributed by atoms with van der Waals surface area (Å²) in [5.74, 6) is 1.64. The normalized spacial score (nSPS) is 11.4. The molecule has 3 heteroatoms. The Morgan fingerprint density at radius 3 is 2.28 bits per heavy atom. The molecule has 0 saturated carbocycles. The Bertz CT molecular complexity index is 374. The summed E-state index contributed by atoms with van der Waals surface area (Å²) < 4.78 is 10.7. The van der Waals surface area contributed by atoms with Crippen molar-refractivity contribution in [3.63, 3.8) is 0 Å². The molecule has 1 rings (SSSR count). The minimum absolute atomic E-state index is 0.116. The fraction of sp³-hybridized carbons (Fsp3) is 0.467. The fourth-order valence-corrected chi connectivity index (χ4v) is 1.94. The van der Waals surface area contributed by atoms with Gasteiger partial charge in [-0.1, -0.05) is 25.5 Å². The number of rotatable bonds is 7.